The van der Waals surface area contributed by atoms with Gasteiger partial charge >= 0.3 is 18.5 Å². The molecule has 3 heterocycles. The number of piperazine rings is 1. The predicted molar refractivity (Wildman–Crippen MR) is 164 cm³/mol. The standard InChI is InChI=1S/C30H36F9N7O2S/c1-3-26(45-9-7-44(8-10-45)24-6-11-49(47,48)18-24)25-5-4-21(28(31,32)33)14-20(25)17-46(27-40-42-43(2)41-27)16-19-12-22(29(34,35)36)15-23(13-19)30(37,38)39/h4-5,12-15,24,26,47-48H,3,6-11,16-18H2,1-2H3. The molecule has 0 saturated carbocycles. The summed E-state index contributed by atoms with van der Waals surface area (Å²) in [4.78, 5) is 6.51. The Morgan fingerprint density at radius 2 is 1.47 bits per heavy atom. The van der Waals surface area contributed by atoms with Gasteiger partial charge in [0.25, 0.3) is 5.95 Å². The van der Waals surface area contributed by atoms with Crippen molar-refractivity contribution >= 4 is 16.5 Å². The zero-order chi connectivity index (χ0) is 35.9. The number of anilines is 1. The first-order valence-electron chi connectivity index (χ1n) is 15.4. The third kappa shape index (κ3) is 8.97. The fourth-order valence-electron chi connectivity index (χ4n) is 6.56. The third-order valence-corrected chi connectivity index (χ3v) is 10.7. The Labute approximate surface area is 278 Å². The highest BCUT2D eigenvalue weighted by molar-refractivity contribution is 8.24. The summed E-state index contributed by atoms with van der Waals surface area (Å²) in [6, 6.07) is 4.01. The summed E-state index contributed by atoms with van der Waals surface area (Å²) in [6.45, 7) is 3.14. The maximum Gasteiger partial charge on any atom is 0.416 e. The molecular formula is C30H36F9N7O2S. The molecule has 2 aliphatic heterocycles. The van der Waals surface area contributed by atoms with Gasteiger partial charge in [-0.05, 0) is 65.1 Å². The molecule has 2 saturated heterocycles. The second kappa shape index (κ2) is 13.9. The van der Waals surface area contributed by atoms with Crippen molar-refractivity contribution in [1.82, 2.24) is 30.0 Å². The Balaban J connectivity index is 1.49. The highest BCUT2D eigenvalue weighted by Gasteiger charge is 2.39. The van der Waals surface area contributed by atoms with Crippen molar-refractivity contribution in [3.8, 4) is 0 Å². The van der Waals surface area contributed by atoms with Gasteiger partial charge < -0.3 is 4.90 Å². The third-order valence-electron chi connectivity index (χ3n) is 8.92. The van der Waals surface area contributed by atoms with Crippen LogP contribution in [0.5, 0.6) is 0 Å². The van der Waals surface area contributed by atoms with Crippen LogP contribution in [0.25, 0.3) is 0 Å². The Bertz CT molecular complexity index is 1570. The summed E-state index contributed by atoms with van der Waals surface area (Å²) in [7, 11) is -1.21. The quantitative estimate of drug-likeness (QED) is 0.226. The molecule has 19 heteroatoms. The molecule has 3 aromatic rings. The topological polar surface area (TPSA) is 93.8 Å². The van der Waals surface area contributed by atoms with Gasteiger partial charge in [0.2, 0.25) is 0 Å². The Hall–Kier alpha value is -3.13. The van der Waals surface area contributed by atoms with Gasteiger partial charge in [-0.25, -0.2) is 0 Å². The van der Waals surface area contributed by atoms with Crippen molar-refractivity contribution in [1.29, 1.82) is 0 Å². The molecule has 2 aromatic carbocycles. The first-order chi connectivity index (χ1) is 22.7. The Morgan fingerprint density at radius 1 is 0.857 bits per heavy atom. The molecule has 0 aliphatic carbocycles. The fraction of sp³-hybridized carbons (Fsp3) is 0.567. The van der Waals surface area contributed by atoms with Crippen LogP contribution in [0.3, 0.4) is 0 Å². The average molecular weight is 730 g/mol. The summed E-state index contributed by atoms with van der Waals surface area (Å²) in [5.74, 6) is 0.441. The maximum atomic E-state index is 14.0. The van der Waals surface area contributed by atoms with Crippen LogP contribution >= 0.6 is 10.6 Å². The van der Waals surface area contributed by atoms with Gasteiger partial charge in [-0.3, -0.25) is 18.9 Å². The molecule has 5 rings (SSSR count). The number of aromatic nitrogens is 4. The highest BCUT2D eigenvalue weighted by atomic mass is 32.3. The Kier molecular flexibility index (Phi) is 10.5. The molecule has 2 N–H and O–H groups in total. The van der Waals surface area contributed by atoms with Crippen LogP contribution < -0.4 is 4.90 Å². The van der Waals surface area contributed by atoms with Gasteiger partial charge in [-0.1, -0.05) is 18.1 Å². The largest absolute Gasteiger partial charge is 0.416 e. The molecule has 2 unspecified atom stereocenters. The van der Waals surface area contributed by atoms with Crippen LogP contribution in [-0.2, 0) is 38.7 Å². The lowest BCUT2D eigenvalue weighted by molar-refractivity contribution is -0.143. The van der Waals surface area contributed by atoms with E-state index < -0.39 is 57.9 Å². The molecule has 0 spiro atoms. The monoisotopic (exact) mass is 729 g/mol. The van der Waals surface area contributed by atoms with Crippen molar-refractivity contribution in [3.05, 3.63) is 69.8 Å². The van der Waals surface area contributed by atoms with E-state index in [-0.39, 0.29) is 36.2 Å². The zero-order valence-electron chi connectivity index (χ0n) is 26.5. The SMILES string of the molecule is CCC(c1ccc(C(F)(F)F)cc1CN(Cc1cc(C(F)(F)F)cc(C(F)(F)F)c1)c1nnn(C)n1)N1CCN(C2CCS(O)(O)C2)CC1. The fourth-order valence-corrected chi connectivity index (χ4v) is 8.37. The number of nitrogens with zero attached hydrogens (tertiary/aromatic N) is 7. The normalized spacial score (nSPS) is 20.8. The number of tetrazole rings is 1. The van der Waals surface area contributed by atoms with Crippen LogP contribution in [0.4, 0.5) is 45.5 Å². The van der Waals surface area contributed by atoms with Crippen LogP contribution in [0.2, 0.25) is 0 Å². The minimum Gasteiger partial charge on any atom is -0.330 e. The molecule has 2 fully saturated rings. The van der Waals surface area contributed by atoms with E-state index in [4.69, 9.17) is 0 Å². The highest BCUT2D eigenvalue weighted by Crippen LogP contribution is 2.47. The first-order valence-corrected chi connectivity index (χ1v) is 17.3. The van der Waals surface area contributed by atoms with E-state index in [0.717, 1.165) is 16.9 Å². The molecule has 2 atom stereocenters. The first kappa shape index (κ1) is 37.1. The van der Waals surface area contributed by atoms with Crippen molar-refractivity contribution in [2.45, 2.75) is 63.5 Å². The molecule has 2 aliphatic rings. The Morgan fingerprint density at radius 3 is 1.96 bits per heavy atom. The summed E-state index contributed by atoms with van der Waals surface area (Å²) in [5, 5.41) is 11.7. The summed E-state index contributed by atoms with van der Waals surface area (Å²) < 4.78 is 144. The lowest BCUT2D eigenvalue weighted by Gasteiger charge is -2.42. The maximum absolute atomic E-state index is 14.0. The second-order valence-electron chi connectivity index (χ2n) is 12.4. The van der Waals surface area contributed by atoms with E-state index in [0.29, 0.717) is 68.2 Å². The average Bonchev–Trinajstić information content (AvgIpc) is 3.61. The molecule has 9 nitrogen and oxygen atoms in total. The van der Waals surface area contributed by atoms with Gasteiger partial charge in [0, 0.05) is 57.1 Å². The van der Waals surface area contributed by atoms with Gasteiger partial charge in [0.1, 0.15) is 0 Å². The van der Waals surface area contributed by atoms with E-state index in [1.807, 2.05) is 6.92 Å². The van der Waals surface area contributed by atoms with Crippen LogP contribution in [0.1, 0.15) is 59.2 Å². The van der Waals surface area contributed by atoms with Gasteiger partial charge in [-0.2, -0.15) is 54.9 Å². The second-order valence-corrected chi connectivity index (χ2v) is 14.7. The smallest absolute Gasteiger partial charge is 0.330 e. The molecule has 0 radical (unpaired) electrons. The van der Waals surface area contributed by atoms with Crippen molar-refractivity contribution < 1.29 is 48.6 Å². The molecular weight excluding hydrogens is 693 g/mol. The van der Waals surface area contributed by atoms with E-state index in [2.05, 4.69) is 25.2 Å². The van der Waals surface area contributed by atoms with Gasteiger partial charge in [0.15, 0.2) is 0 Å². The molecule has 0 bridgehead atoms. The van der Waals surface area contributed by atoms with Gasteiger partial charge in [-0.15, -0.1) is 5.10 Å². The summed E-state index contributed by atoms with van der Waals surface area (Å²) >= 11 is 0. The molecule has 49 heavy (non-hydrogen) atoms. The van der Waals surface area contributed by atoms with Crippen LogP contribution in [0.15, 0.2) is 36.4 Å². The lowest BCUT2D eigenvalue weighted by Crippen LogP contribution is -2.51. The number of hydrogen-bond acceptors (Lipinski definition) is 8. The van der Waals surface area contributed by atoms with Crippen molar-refractivity contribution in [2.75, 3.05) is 42.6 Å². The van der Waals surface area contributed by atoms with E-state index >= 15 is 0 Å². The molecule has 272 valence electrons. The predicted octanol–water partition coefficient (Wildman–Crippen LogP) is 7.06. The van der Waals surface area contributed by atoms with Crippen LogP contribution in [-0.4, -0.2) is 82.8 Å². The minimum atomic E-state index is -5.10. The lowest BCUT2D eigenvalue weighted by atomic mass is 9.93. The zero-order valence-corrected chi connectivity index (χ0v) is 27.3. The van der Waals surface area contributed by atoms with Gasteiger partial charge in [0.05, 0.1) is 29.5 Å². The number of benzene rings is 2. The summed E-state index contributed by atoms with van der Waals surface area (Å²) in [5.41, 5.74) is -3.79. The van der Waals surface area contributed by atoms with Crippen molar-refractivity contribution in [3.63, 3.8) is 0 Å². The van der Waals surface area contributed by atoms with Crippen LogP contribution in [0, 0.1) is 0 Å². The number of alkyl halides is 9. The minimum absolute atomic E-state index is 0.00275. The number of aryl methyl sites for hydroxylation is 1. The summed E-state index contributed by atoms with van der Waals surface area (Å²) in [6.07, 6.45) is -13.8. The van der Waals surface area contributed by atoms with Crippen molar-refractivity contribution in [2.24, 2.45) is 7.05 Å². The molecule has 0 amide bonds. The van der Waals surface area contributed by atoms with E-state index in [1.165, 1.54) is 18.0 Å². The van der Waals surface area contributed by atoms with E-state index in [9.17, 15) is 48.6 Å². The number of rotatable bonds is 9. The number of hydrogen-bond donors (Lipinski definition) is 2. The van der Waals surface area contributed by atoms with E-state index in [1.54, 1.807) is 0 Å². The molecule has 1 aromatic heterocycles. The number of halogens is 9.